The van der Waals surface area contributed by atoms with Gasteiger partial charge in [-0.3, -0.25) is 0 Å². The van der Waals surface area contributed by atoms with Crippen molar-refractivity contribution >= 4 is 22.0 Å². The van der Waals surface area contributed by atoms with Gasteiger partial charge < -0.3 is 9.64 Å². The molecule has 1 amide bonds. The van der Waals surface area contributed by atoms with Crippen LogP contribution in [0.1, 0.15) is 22.3 Å². The van der Waals surface area contributed by atoms with E-state index in [9.17, 15) is 4.79 Å². The van der Waals surface area contributed by atoms with Gasteiger partial charge in [0.05, 0.1) is 0 Å². The fourth-order valence-corrected chi connectivity index (χ4v) is 3.01. The van der Waals surface area contributed by atoms with E-state index in [1.54, 1.807) is 11.9 Å². The Morgan fingerprint density at radius 3 is 2.32 bits per heavy atom. The number of carbonyl (C=O) groups excluding carboxylic acids is 1. The summed E-state index contributed by atoms with van der Waals surface area (Å²) in [5, 5.41) is 0. The Labute approximate surface area is 140 Å². The van der Waals surface area contributed by atoms with Crippen molar-refractivity contribution in [3.05, 3.63) is 69.2 Å². The molecule has 3 nitrogen and oxygen atoms in total. The zero-order valence-corrected chi connectivity index (χ0v) is 14.7. The van der Waals surface area contributed by atoms with Crippen LogP contribution >= 0.6 is 15.9 Å². The number of carbonyl (C=O) groups is 1. The van der Waals surface area contributed by atoms with Crippen LogP contribution in [0.15, 0.2) is 46.9 Å². The molecule has 0 aliphatic rings. The number of ether oxygens (including phenoxy) is 1. The maximum absolute atomic E-state index is 12.1. The SMILES string of the molecule is Cc1cc(Br)cc(C)c1CN(C)C(=O)OCc1ccccc1. The first-order chi connectivity index (χ1) is 10.5. The summed E-state index contributed by atoms with van der Waals surface area (Å²) >= 11 is 3.49. The van der Waals surface area contributed by atoms with Crippen molar-refractivity contribution in [2.24, 2.45) is 0 Å². The lowest BCUT2D eigenvalue weighted by Crippen LogP contribution is -2.27. The first-order valence-electron chi connectivity index (χ1n) is 7.15. The van der Waals surface area contributed by atoms with E-state index in [0.29, 0.717) is 13.2 Å². The zero-order valence-electron chi connectivity index (χ0n) is 13.1. The normalized spacial score (nSPS) is 10.4. The zero-order chi connectivity index (χ0) is 16.1. The molecule has 0 saturated carbocycles. The number of rotatable bonds is 4. The molecule has 0 N–H and O–H groups in total. The molecule has 2 aromatic rings. The lowest BCUT2D eigenvalue weighted by Gasteiger charge is -2.20. The van der Waals surface area contributed by atoms with Gasteiger partial charge in [-0.2, -0.15) is 0 Å². The maximum Gasteiger partial charge on any atom is 0.410 e. The number of hydrogen-bond donors (Lipinski definition) is 0. The molecule has 4 heteroatoms. The molecule has 2 rings (SSSR count). The second kappa shape index (κ2) is 7.45. The van der Waals surface area contributed by atoms with Gasteiger partial charge in [0, 0.05) is 18.1 Å². The molecular formula is C18H20BrNO2. The molecule has 116 valence electrons. The molecule has 0 atom stereocenters. The number of aryl methyl sites for hydroxylation is 2. The summed E-state index contributed by atoms with van der Waals surface area (Å²) in [6.07, 6.45) is -0.314. The largest absolute Gasteiger partial charge is 0.445 e. The van der Waals surface area contributed by atoms with Gasteiger partial charge in [0.1, 0.15) is 6.61 Å². The van der Waals surface area contributed by atoms with E-state index in [4.69, 9.17) is 4.74 Å². The van der Waals surface area contributed by atoms with Crippen LogP contribution in [0.3, 0.4) is 0 Å². The van der Waals surface area contributed by atoms with Crippen molar-refractivity contribution in [3.63, 3.8) is 0 Å². The quantitative estimate of drug-likeness (QED) is 0.779. The molecule has 0 unspecified atom stereocenters. The highest BCUT2D eigenvalue weighted by atomic mass is 79.9. The first-order valence-corrected chi connectivity index (χ1v) is 7.94. The van der Waals surface area contributed by atoms with Crippen LogP contribution in [0, 0.1) is 13.8 Å². The lowest BCUT2D eigenvalue weighted by atomic mass is 10.0. The number of halogens is 1. The molecular weight excluding hydrogens is 342 g/mol. The summed E-state index contributed by atoms with van der Waals surface area (Å²) in [6, 6.07) is 13.8. The van der Waals surface area contributed by atoms with Gasteiger partial charge in [-0.1, -0.05) is 46.3 Å². The van der Waals surface area contributed by atoms with Gasteiger partial charge in [0.2, 0.25) is 0 Å². The number of nitrogens with zero attached hydrogens (tertiary/aromatic N) is 1. The van der Waals surface area contributed by atoms with E-state index in [-0.39, 0.29) is 6.09 Å². The van der Waals surface area contributed by atoms with Crippen molar-refractivity contribution in [1.82, 2.24) is 4.90 Å². The predicted molar refractivity (Wildman–Crippen MR) is 91.7 cm³/mol. The second-order valence-corrected chi connectivity index (χ2v) is 6.33. The smallest absolute Gasteiger partial charge is 0.410 e. The van der Waals surface area contributed by atoms with Gasteiger partial charge in [0.15, 0.2) is 0 Å². The molecule has 0 bridgehead atoms. The minimum absolute atomic E-state index is 0.294. The van der Waals surface area contributed by atoms with Crippen molar-refractivity contribution in [2.75, 3.05) is 7.05 Å². The van der Waals surface area contributed by atoms with Crippen LogP contribution in [-0.4, -0.2) is 18.0 Å². The van der Waals surface area contributed by atoms with E-state index < -0.39 is 0 Å². The number of amides is 1. The molecule has 0 saturated heterocycles. The molecule has 0 aliphatic carbocycles. The van der Waals surface area contributed by atoms with Crippen molar-refractivity contribution in [1.29, 1.82) is 0 Å². The Morgan fingerprint density at radius 2 is 1.73 bits per heavy atom. The summed E-state index contributed by atoms with van der Waals surface area (Å²) < 4.78 is 6.40. The highest BCUT2D eigenvalue weighted by Gasteiger charge is 2.14. The average Bonchev–Trinajstić information content (AvgIpc) is 2.49. The fraction of sp³-hybridized carbons (Fsp3) is 0.278. The highest BCUT2D eigenvalue weighted by molar-refractivity contribution is 9.10. The van der Waals surface area contributed by atoms with Crippen LogP contribution in [0.2, 0.25) is 0 Å². The molecule has 0 aliphatic heterocycles. The van der Waals surface area contributed by atoms with Crippen LogP contribution in [0.5, 0.6) is 0 Å². The monoisotopic (exact) mass is 361 g/mol. The highest BCUT2D eigenvalue weighted by Crippen LogP contribution is 2.22. The van der Waals surface area contributed by atoms with E-state index >= 15 is 0 Å². The summed E-state index contributed by atoms with van der Waals surface area (Å²) in [4.78, 5) is 13.7. The Hall–Kier alpha value is -1.81. The third-order valence-corrected chi connectivity index (χ3v) is 4.03. The van der Waals surface area contributed by atoms with Crippen molar-refractivity contribution < 1.29 is 9.53 Å². The van der Waals surface area contributed by atoms with E-state index in [1.807, 2.05) is 30.3 Å². The summed E-state index contributed by atoms with van der Waals surface area (Å²) in [5.41, 5.74) is 4.46. The lowest BCUT2D eigenvalue weighted by molar-refractivity contribution is 0.102. The van der Waals surface area contributed by atoms with Gasteiger partial charge >= 0.3 is 6.09 Å². The van der Waals surface area contributed by atoms with E-state index in [2.05, 4.69) is 41.9 Å². The van der Waals surface area contributed by atoms with E-state index in [1.165, 1.54) is 0 Å². The Morgan fingerprint density at radius 1 is 1.14 bits per heavy atom. The molecule has 22 heavy (non-hydrogen) atoms. The minimum Gasteiger partial charge on any atom is -0.445 e. The van der Waals surface area contributed by atoms with Gasteiger partial charge in [-0.15, -0.1) is 0 Å². The van der Waals surface area contributed by atoms with Crippen molar-refractivity contribution in [2.45, 2.75) is 27.0 Å². The van der Waals surface area contributed by atoms with Gasteiger partial charge in [-0.25, -0.2) is 4.79 Å². The Bertz CT molecular complexity index is 632. The third-order valence-electron chi connectivity index (χ3n) is 3.57. The summed E-state index contributed by atoms with van der Waals surface area (Å²) in [5.74, 6) is 0. The standard InChI is InChI=1S/C18H20BrNO2/c1-13-9-16(19)10-14(2)17(13)11-20(3)18(21)22-12-15-7-5-4-6-8-15/h4-10H,11-12H2,1-3H3. The topological polar surface area (TPSA) is 29.5 Å². The van der Waals surface area contributed by atoms with E-state index in [0.717, 1.165) is 26.7 Å². The first kappa shape index (κ1) is 16.6. The number of hydrogen-bond acceptors (Lipinski definition) is 2. The minimum atomic E-state index is -0.314. The maximum atomic E-state index is 12.1. The summed E-state index contributed by atoms with van der Waals surface area (Å²) in [7, 11) is 1.76. The average molecular weight is 362 g/mol. The second-order valence-electron chi connectivity index (χ2n) is 5.41. The molecule has 0 fully saturated rings. The van der Waals surface area contributed by atoms with Gasteiger partial charge in [-0.05, 0) is 48.2 Å². The summed E-state index contributed by atoms with van der Waals surface area (Å²) in [6.45, 7) is 4.94. The van der Waals surface area contributed by atoms with Gasteiger partial charge in [0.25, 0.3) is 0 Å². The van der Waals surface area contributed by atoms with Crippen molar-refractivity contribution in [3.8, 4) is 0 Å². The fourth-order valence-electron chi connectivity index (χ4n) is 2.32. The molecule has 0 heterocycles. The Balaban J connectivity index is 1.97. The molecule has 0 aromatic heterocycles. The van der Waals surface area contributed by atoms with Crippen LogP contribution in [0.4, 0.5) is 4.79 Å². The third kappa shape index (κ3) is 4.34. The predicted octanol–water partition coefficient (Wildman–Crippen LogP) is 4.83. The molecule has 2 aromatic carbocycles. The van der Waals surface area contributed by atoms with Crippen LogP contribution in [0.25, 0.3) is 0 Å². The Kier molecular flexibility index (Phi) is 5.61. The molecule has 0 spiro atoms. The number of benzene rings is 2. The van der Waals surface area contributed by atoms with Crippen LogP contribution in [-0.2, 0) is 17.9 Å². The molecule has 0 radical (unpaired) electrons. The van der Waals surface area contributed by atoms with Crippen LogP contribution < -0.4 is 0 Å².